The summed E-state index contributed by atoms with van der Waals surface area (Å²) in [6, 6.07) is 0. The SMILES string of the molecule is CC(Cl)CC1C(CN)C1(C)C. The second-order valence-corrected chi connectivity index (χ2v) is 5.03. The molecule has 1 fully saturated rings. The van der Waals surface area contributed by atoms with Crippen LogP contribution < -0.4 is 5.73 Å². The summed E-state index contributed by atoms with van der Waals surface area (Å²) in [5.41, 5.74) is 6.09. The molecule has 1 nitrogen and oxygen atoms in total. The van der Waals surface area contributed by atoms with Crippen molar-refractivity contribution in [2.45, 2.75) is 32.6 Å². The van der Waals surface area contributed by atoms with Crippen molar-refractivity contribution in [3.8, 4) is 0 Å². The van der Waals surface area contributed by atoms with E-state index in [2.05, 4.69) is 20.8 Å². The van der Waals surface area contributed by atoms with Gasteiger partial charge in [0.1, 0.15) is 0 Å². The lowest BCUT2D eigenvalue weighted by Crippen LogP contribution is -2.05. The molecule has 11 heavy (non-hydrogen) atoms. The minimum absolute atomic E-state index is 0.302. The largest absolute Gasteiger partial charge is 0.330 e. The van der Waals surface area contributed by atoms with Crippen LogP contribution in [0.15, 0.2) is 0 Å². The molecule has 1 saturated carbocycles. The lowest BCUT2D eigenvalue weighted by atomic mass is 10.1. The Balaban J connectivity index is 2.39. The summed E-state index contributed by atoms with van der Waals surface area (Å²) in [4.78, 5) is 0. The standard InChI is InChI=1S/C9H18ClN/c1-6(10)4-7-8(5-11)9(7,2)3/h6-8H,4-5,11H2,1-3H3. The summed E-state index contributed by atoms with van der Waals surface area (Å²) < 4.78 is 0. The molecular weight excluding hydrogens is 158 g/mol. The van der Waals surface area contributed by atoms with Gasteiger partial charge in [0.15, 0.2) is 0 Å². The van der Waals surface area contributed by atoms with Gasteiger partial charge >= 0.3 is 0 Å². The molecule has 0 bridgehead atoms. The van der Waals surface area contributed by atoms with Crippen molar-refractivity contribution in [3.63, 3.8) is 0 Å². The normalized spacial score (nSPS) is 36.8. The summed E-state index contributed by atoms with van der Waals surface area (Å²) in [7, 11) is 0. The van der Waals surface area contributed by atoms with Crippen LogP contribution in [0.1, 0.15) is 27.2 Å². The molecule has 0 heterocycles. The number of nitrogens with two attached hydrogens (primary N) is 1. The third-order valence-electron chi connectivity index (χ3n) is 3.12. The monoisotopic (exact) mass is 175 g/mol. The highest BCUT2D eigenvalue weighted by atomic mass is 35.5. The average Bonchev–Trinajstić information content (AvgIpc) is 2.33. The summed E-state index contributed by atoms with van der Waals surface area (Å²) in [6.45, 7) is 7.45. The Bertz CT molecular complexity index is 142. The van der Waals surface area contributed by atoms with E-state index in [9.17, 15) is 0 Å². The quantitative estimate of drug-likeness (QED) is 0.655. The van der Waals surface area contributed by atoms with Crippen LogP contribution in [0.4, 0.5) is 0 Å². The van der Waals surface area contributed by atoms with Crippen molar-refractivity contribution in [2.75, 3.05) is 6.54 Å². The van der Waals surface area contributed by atoms with Crippen molar-refractivity contribution in [2.24, 2.45) is 23.0 Å². The Morgan fingerprint density at radius 3 is 2.27 bits per heavy atom. The first-order valence-electron chi connectivity index (χ1n) is 4.34. The molecular formula is C9H18ClN. The molecule has 3 atom stereocenters. The number of rotatable bonds is 3. The lowest BCUT2D eigenvalue weighted by Gasteiger charge is -2.03. The number of hydrogen-bond donors (Lipinski definition) is 1. The molecule has 0 amide bonds. The van der Waals surface area contributed by atoms with Crippen molar-refractivity contribution in [3.05, 3.63) is 0 Å². The Labute approximate surface area is 74.3 Å². The Morgan fingerprint density at radius 2 is 2.00 bits per heavy atom. The maximum Gasteiger partial charge on any atom is 0.0310 e. The van der Waals surface area contributed by atoms with Crippen molar-refractivity contribution in [1.82, 2.24) is 0 Å². The molecule has 3 unspecified atom stereocenters. The van der Waals surface area contributed by atoms with Crippen LogP contribution in [0.5, 0.6) is 0 Å². The molecule has 0 radical (unpaired) electrons. The molecule has 2 N–H and O–H groups in total. The second-order valence-electron chi connectivity index (χ2n) is 4.29. The molecule has 1 rings (SSSR count). The first-order valence-corrected chi connectivity index (χ1v) is 4.78. The maximum atomic E-state index is 5.92. The van der Waals surface area contributed by atoms with Gasteiger partial charge in [0.05, 0.1) is 0 Å². The fraction of sp³-hybridized carbons (Fsp3) is 1.00. The van der Waals surface area contributed by atoms with Crippen LogP contribution in [0, 0.1) is 17.3 Å². The summed E-state index contributed by atoms with van der Waals surface area (Å²) in [5.74, 6) is 1.48. The summed E-state index contributed by atoms with van der Waals surface area (Å²) in [6.07, 6.45) is 1.12. The molecule has 1 aliphatic rings. The zero-order valence-electron chi connectivity index (χ0n) is 7.60. The van der Waals surface area contributed by atoms with Crippen molar-refractivity contribution in [1.29, 1.82) is 0 Å². The van der Waals surface area contributed by atoms with E-state index < -0.39 is 0 Å². The fourth-order valence-electron chi connectivity index (χ4n) is 2.14. The predicted molar refractivity (Wildman–Crippen MR) is 49.7 cm³/mol. The lowest BCUT2D eigenvalue weighted by molar-refractivity contribution is 0.521. The van der Waals surface area contributed by atoms with Gasteiger partial charge in [-0.2, -0.15) is 0 Å². The van der Waals surface area contributed by atoms with Crippen LogP contribution in [0.3, 0.4) is 0 Å². The zero-order valence-corrected chi connectivity index (χ0v) is 8.36. The molecule has 0 aliphatic heterocycles. The smallest absolute Gasteiger partial charge is 0.0310 e. The van der Waals surface area contributed by atoms with E-state index in [1.807, 2.05) is 0 Å². The Kier molecular flexibility index (Phi) is 2.50. The first kappa shape index (κ1) is 9.34. The summed E-state index contributed by atoms with van der Waals surface area (Å²) >= 11 is 5.92. The molecule has 66 valence electrons. The van der Waals surface area contributed by atoms with E-state index in [0.717, 1.165) is 18.9 Å². The maximum absolute atomic E-state index is 5.92. The zero-order chi connectivity index (χ0) is 8.65. The van der Waals surface area contributed by atoms with Gasteiger partial charge in [0.25, 0.3) is 0 Å². The van der Waals surface area contributed by atoms with E-state index in [0.29, 0.717) is 16.7 Å². The van der Waals surface area contributed by atoms with Crippen molar-refractivity contribution < 1.29 is 0 Å². The van der Waals surface area contributed by atoms with Gasteiger partial charge in [-0.1, -0.05) is 13.8 Å². The highest BCUT2D eigenvalue weighted by molar-refractivity contribution is 6.20. The highest BCUT2D eigenvalue weighted by Crippen LogP contribution is 2.59. The van der Waals surface area contributed by atoms with Crippen molar-refractivity contribution >= 4 is 11.6 Å². The number of alkyl halides is 1. The van der Waals surface area contributed by atoms with Gasteiger partial charge < -0.3 is 5.73 Å². The predicted octanol–water partition coefficient (Wildman–Crippen LogP) is 2.23. The minimum atomic E-state index is 0.302. The topological polar surface area (TPSA) is 26.0 Å². The molecule has 0 saturated heterocycles. The molecule has 2 heteroatoms. The van der Waals surface area contributed by atoms with Gasteiger partial charge in [0, 0.05) is 5.38 Å². The fourth-order valence-corrected chi connectivity index (χ4v) is 2.34. The van der Waals surface area contributed by atoms with Gasteiger partial charge in [-0.15, -0.1) is 11.6 Å². The molecule has 0 aromatic heterocycles. The first-order chi connectivity index (χ1) is 5.00. The van der Waals surface area contributed by atoms with Gasteiger partial charge in [-0.05, 0) is 37.1 Å². The second kappa shape index (κ2) is 2.95. The third-order valence-corrected chi connectivity index (χ3v) is 3.30. The molecule has 1 aliphatic carbocycles. The van der Waals surface area contributed by atoms with Crippen LogP contribution >= 0.6 is 11.6 Å². The van der Waals surface area contributed by atoms with Crippen LogP contribution in [-0.4, -0.2) is 11.9 Å². The third kappa shape index (κ3) is 1.70. The highest BCUT2D eigenvalue weighted by Gasteiger charge is 2.56. The van der Waals surface area contributed by atoms with Crippen LogP contribution in [0.25, 0.3) is 0 Å². The molecule has 0 spiro atoms. The average molecular weight is 176 g/mol. The Hall–Kier alpha value is 0.250. The van der Waals surface area contributed by atoms with E-state index >= 15 is 0 Å². The summed E-state index contributed by atoms with van der Waals surface area (Å²) in [5, 5.41) is 0.302. The van der Waals surface area contributed by atoms with Crippen LogP contribution in [-0.2, 0) is 0 Å². The minimum Gasteiger partial charge on any atom is -0.330 e. The van der Waals surface area contributed by atoms with Gasteiger partial charge in [0.2, 0.25) is 0 Å². The van der Waals surface area contributed by atoms with E-state index in [4.69, 9.17) is 17.3 Å². The molecule has 0 aromatic carbocycles. The number of hydrogen-bond acceptors (Lipinski definition) is 1. The molecule has 0 aromatic rings. The van der Waals surface area contributed by atoms with Crippen LogP contribution in [0.2, 0.25) is 0 Å². The Morgan fingerprint density at radius 1 is 1.45 bits per heavy atom. The number of halogens is 1. The van der Waals surface area contributed by atoms with E-state index in [1.165, 1.54) is 0 Å². The van der Waals surface area contributed by atoms with E-state index in [-0.39, 0.29) is 0 Å². The van der Waals surface area contributed by atoms with Gasteiger partial charge in [-0.3, -0.25) is 0 Å². The van der Waals surface area contributed by atoms with Gasteiger partial charge in [-0.25, -0.2) is 0 Å². The van der Waals surface area contributed by atoms with E-state index in [1.54, 1.807) is 0 Å².